The van der Waals surface area contributed by atoms with E-state index < -0.39 is 23.2 Å². The quantitative estimate of drug-likeness (QED) is 0.700. The van der Waals surface area contributed by atoms with Gasteiger partial charge >= 0.3 is 6.18 Å². The third kappa shape index (κ3) is 3.17. The van der Waals surface area contributed by atoms with Crippen LogP contribution in [0.4, 0.5) is 18.9 Å². The van der Waals surface area contributed by atoms with Crippen LogP contribution in [0.25, 0.3) is 10.8 Å². The second-order valence-electron chi connectivity index (χ2n) is 5.50. The number of halogens is 3. The maximum absolute atomic E-state index is 13.0. The number of nitrogens with one attached hydrogen (secondary N) is 1. The summed E-state index contributed by atoms with van der Waals surface area (Å²) >= 11 is 0. The van der Waals surface area contributed by atoms with Crippen molar-refractivity contribution in [1.29, 1.82) is 5.26 Å². The third-order valence-electron chi connectivity index (χ3n) is 3.84. The van der Waals surface area contributed by atoms with E-state index in [4.69, 9.17) is 5.26 Å². The summed E-state index contributed by atoms with van der Waals surface area (Å²) in [7, 11) is 0. The summed E-state index contributed by atoms with van der Waals surface area (Å²) < 4.78 is 39.1. The Balaban J connectivity index is 2.02. The van der Waals surface area contributed by atoms with E-state index >= 15 is 0 Å². The van der Waals surface area contributed by atoms with Crippen LogP contribution < -0.4 is 5.32 Å². The lowest BCUT2D eigenvalue weighted by Crippen LogP contribution is -2.14. The van der Waals surface area contributed by atoms with Gasteiger partial charge in [-0.25, -0.2) is 0 Å². The van der Waals surface area contributed by atoms with Crippen LogP contribution in [0.5, 0.6) is 5.75 Å². The summed E-state index contributed by atoms with van der Waals surface area (Å²) in [5.74, 6) is -1.04. The molecule has 4 nitrogen and oxygen atoms in total. The van der Waals surface area contributed by atoms with Gasteiger partial charge in [0.2, 0.25) is 0 Å². The number of benzene rings is 3. The van der Waals surface area contributed by atoms with Crippen molar-refractivity contribution in [3.05, 3.63) is 71.3 Å². The van der Waals surface area contributed by atoms with Gasteiger partial charge in [-0.1, -0.05) is 30.3 Å². The summed E-state index contributed by atoms with van der Waals surface area (Å²) in [6, 6.07) is 14.1. The summed E-state index contributed by atoms with van der Waals surface area (Å²) in [4.78, 5) is 12.5. The number of carbonyl (C=O) groups is 1. The zero-order chi connectivity index (χ0) is 18.9. The highest BCUT2D eigenvalue weighted by Gasteiger charge is 2.34. The van der Waals surface area contributed by atoms with Crippen LogP contribution in [0.2, 0.25) is 0 Å². The molecule has 0 bridgehead atoms. The van der Waals surface area contributed by atoms with Crippen LogP contribution >= 0.6 is 0 Å². The number of carbonyl (C=O) groups excluding carboxylic acids is 1. The molecule has 0 aliphatic carbocycles. The molecular formula is C19H11F3N2O2. The fraction of sp³-hybridized carbons (Fsp3) is 0.0526. The Morgan fingerprint density at radius 3 is 2.50 bits per heavy atom. The molecule has 0 aliphatic rings. The molecule has 0 atom stereocenters. The van der Waals surface area contributed by atoms with Gasteiger partial charge in [0.25, 0.3) is 5.91 Å². The molecule has 0 saturated carbocycles. The number of anilines is 1. The predicted molar refractivity (Wildman–Crippen MR) is 89.7 cm³/mol. The molecule has 3 aromatic carbocycles. The van der Waals surface area contributed by atoms with E-state index in [9.17, 15) is 23.1 Å². The molecule has 3 rings (SSSR count). The van der Waals surface area contributed by atoms with Crippen LogP contribution in [0.1, 0.15) is 21.5 Å². The molecule has 0 unspecified atom stereocenters. The van der Waals surface area contributed by atoms with Crippen molar-refractivity contribution >= 4 is 22.4 Å². The van der Waals surface area contributed by atoms with E-state index in [0.717, 1.165) is 6.07 Å². The Labute approximate surface area is 146 Å². The minimum absolute atomic E-state index is 0.0407. The van der Waals surface area contributed by atoms with Gasteiger partial charge in [-0.15, -0.1) is 0 Å². The van der Waals surface area contributed by atoms with Crippen LogP contribution in [0.15, 0.2) is 54.6 Å². The van der Waals surface area contributed by atoms with E-state index in [0.29, 0.717) is 16.8 Å². The first-order valence-corrected chi connectivity index (χ1v) is 7.44. The number of rotatable bonds is 2. The van der Waals surface area contributed by atoms with Crippen LogP contribution in [0, 0.1) is 11.3 Å². The van der Waals surface area contributed by atoms with Crippen LogP contribution in [-0.2, 0) is 6.18 Å². The smallest absolute Gasteiger partial charge is 0.417 e. The molecule has 0 spiro atoms. The Kier molecular flexibility index (Phi) is 4.26. The van der Waals surface area contributed by atoms with Gasteiger partial charge in [-0.2, -0.15) is 18.4 Å². The molecule has 0 fully saturated rings. The Bertz CT molecular complexity index is 1050. The number of nitriles is 1. The molecular weight excluding hydrogens is 345 g/mol. The number of amides is 1. The largest absolute Gasteiger partial charge is 0.507 e. The molecule has 0 radical (unpaired) electrons. The second-order valence-corrected chi connectivity index (χ2v) is 5.50. The fourth-order valence-electron chi connectivity index (χ4n) is 2.65. The summed E-state index contributed by atoms with van der Waals surface area (Å²) in [6.45, 7) is 0. The molecule has 2 N–H and O–H groups in total. The minimum Gasteiger partial charge on any atom is -0.507 e. The van der Waals surface area contributed by atoms with Crippen molar-refractivity contribution in [3.8, 4) is 11.8 Å². The van der Waals surface area contributed by atoms with Crippen LogP contribution in [-0.4, -0.2) is 11.0 Å². The zero-order valence-corrected chi connectivity index (χ0v) is 13.1. The number of phenolic OH excluding ortho intramolecular Hbond substituents is 1. The van der Waals surface area contributed by atoms with Gasteiger partial charge in [0.15, 0.2) is 0 Å². The van der Waals surface area contributed by atoms with Gasteiger partial charge in [0, 0.05) is 5.69 Å². The molecule has 0 saturated heterocycles. The van der Waals surface area contributed by atoms with Gasteiger partial charge in [0.1, 0.15) is 5.75 Å². The van der Waals surface area contributed by atoms with E-state index in [-0.39, 0.29) is 17.0 Å². The van der Waals surface area contributed by atoms with Crippen molar-refractivity contribution in [2.24, 2.45) is 0 Å². The zero-order valence-electron chi connectivity index (χ0n) is 13.1. The third-order valence-corrected chi connectivity index (χ3v) is 3.84. The van der Waals surface area contributed by atoms with Gasteiger partial charge in [0.05, 0.1) is 22.8 Å². The highest BCUT2D eigenvalue weighted by molar-refractivity contribution is 6.14. The maximum Gasteiger partial charge on any atom is 0.417 e. The molecule has 26 heavy (non-hydrogen) atoms. The van der Waals surface area contributed by atoms with Crippen molar-refractivity contribution in [1.82, 2.24) is 0 Å². The molecule has 7 heteroatoms. The van der Waals surface area contributed by atoms with Crippen molar-refractivity contribution in [2.75, 3.05) is 5.32 Å². The highest BCUT2D eigenvalue weighted by atomic mass is 19.4. The Hall–Kier alpha value is -3.53. The summed E-state index contributed by atoms with van der Waals surface area (Å²) in [5, 5.41) is 22.4. The summed E-state index contributed by atoms with van der Waals surface area (Å²) in [6.07, 6.45) is -4.73. The molecule has 3 aromatic rings. The lowest BCUT2D eigenvalue weighted by Gasteiger charge is -2.13. The summed E-state index contributed by atoms with van der Waals surface area (Å²) in [5.41, 5.74) is -1.85. The first-order chi connectivity index (χ1) is 12.3. The highest BCUT2D eigenvalue weighted by Crippen LogP contribution is 2.34. The number of alkyl halides is 3. The minimum atomic E-state index is -4.73. The first-order valence-electron chi connectivity index (χ1n) is 7.44. The maximum atomic E-state index is 13.0. The predicted octanol–water partition coefficient (Wildman–Crippen LogP) is 4.69. The van der Waals surface area contributed by atoms with Gasteiger partial charge in [-0.05, 0) is 35.0 Å². The molecule has 130 valence electrons. The van der Waals surface area contributed by atoms with E-state index in [2.05, 4.69) is 5.32 Å². The lowest BCUT2D eigenvalue weighted by molar-refractivity contribution is -0.137. The van der Waals surface area contributed by atoms with E-state index in [1.807, 2.05) is 0 Å². The number of aromatic hydroxyl groups is 1. The second kappa shape index (κ2) is 6.41. The Morgan fingerprint density at radius 2 is 1.81 bits per heavy atom. The molecule has 0 aromatic heterocycles. The SMILES string of the molecule is N#Cc1ccc(NC(=O)c2c(O)ccc3ccccc23)cc1C(F)(F)F. The number of fused-ring (bicyclic) bond motifs is 1. The number of hydrogen-bond acceptors (Lipinski definition) is 3. The van der Waals surface area contributed by atoms with E-state index in [1.165, 1.54) is 18.2 Å². The molecule has 0 heterocycles. The van der Waals surface area contributed by atoms with Crippen molar-refractivity contribution in [2.45, 2.75) is 6.18 Å². The number of hydrogen-bond donors (Lipinski definition) is 2. The van der Waals surface area contributed by atoms with Crippen LogP contribution in [0.3, 0.4) is 0 Å². The fourth-order valence-corrected chi connectivity index (χ4v) is 2.65. The molecule has 0 aliphatic heterocycles. The molecule has 1 amide bonds. The van der Waals surface area contributed by atoms with Crippen molar-refractivity contribution in [3.63, 3.8) is 0 Å². The lowest BCUT2D eigenvalue weighted by atomic mass is 10.0. The Morgan fingerprint density at radius 1 is 1.08 bits per heavy atom. The topological polar surface area (TPSA) is 73.1 Å². The average Bonchev–Trinajstić information content (AvgIpc) is 2.60. The van der Waals surface area contributed by atoms with E-state index in [1.54, 1.807) is 30.3 Å². The number of nitrogens with zero attached hydrogens (tertiary/aromatic N) is 1. The van der Waals surface area contributed by atoms with Crippen molar-refractivity contribution < 1.29 is 23.1 Å². The standard InChI is InChI=1S/C19H11F3N2O2/c20-19(21,22)15-9-13(7-5-12(15)10-23)24-18(26)17-14-4-2-1-3-11(14)6-8-16(17)25/h1-9,25H,(H,24,26). The average molecular weight is 356 g/mol. The monoisotopic (exact) mass is 356 g/mol. The first kappa shape index (κ1) is 17.3. The normalized spacial score (nSPS) is 11.2. The number of phenols is 1. The van der Waals surface area contributed by atoms with Gasteiger partial charge in [-0.3, -0.25) is 4.79 Å². The van der Waals surface area contributed by atoms with Gasteiger partial charge < -0.3 is 10.4 Å².